The maximum absolute atomic E-state index is 12.0. The van der Waals surface area contributed by atoms with Gasteiger partial charge in [0.2, 0.25) is 0 Å². The predicted molar refractivity (Wildman–Crippen MR) is 76.9 cm³/mol. The first-order valence-corrected chi connectivity index (χ1v) is 6.99. The first-order valence-electron chi connectivity index (χ1n) is 6.99. The van der Waals surface area contributed by atoms with Gasteiger partial charge < -0.3 is 15.4 Å². The molecule has 1 aliphatic rings. The van der Waals surface area contributed by atoms with Crippen molar-refractivity contribution in [1.29, 1.82) is 0 Å². The second-order valence-electron chi connectivity index (χ2n) is 4.70. The highest BCUT2D eigenvalue weighted by molar-refractivity contribution is 5.98. The van der Waals surface area contributed by atoms with Crippen LogP contribution in [-0.2, 0) is 11.2 Å². The van der Waals surface area contributed by atoms with Gasteiger partial charge in [-0.1, -0.05) is 0 Å². The minimum atomic E-state index is 0.158. The number of carbonyl (C=O) groups excluding carboxylic acids is 1. The Bertz CT molecular complexity index is 432. The summed E-state index contributed by atoms with van der Waals surface area (Å²) in [6.45, 7) is 5.68. The Labute approximate surface area is 114 Å². The first kappa shape index (κ1) is 14.0. The Morgan fingerprint density at radius 1 is 1.47 bits per heavy atom. The fourth-order valence-electron chi connectivity index (χ4n) is 2.23. The smallest absolute Gasteiger partial charge is 0.176 e. The van der Waals surface area contributed by atoms with Crippen molar-refractivity contribution in [3.63, 3.8) is 0 Å². The van der Waals surface area contributed by atoms with E-state index in [1.54, 1.807) is 0 Å². The Morgan fingerprint density at radius 2 is 2.37 bits per heavy atom. The van der Waals surface area contributed by atoms with Crippen molar-refractivity contribution < 1.29 is 9.53 Å². The standard InChI is InChI=1S/C15H22N2O2/c1-2-19-9-3-7-16-11-15(18)13-4-5-14-12(10-13)6-8-17-14/h4-5,10,16-17H,2-3,6-9,11H2,1H3. The molecule has 0 unspecified atom stereocenters. The lowest BCUT2D eigenvalue weighted by Gasteiger charge is -2.06. The summed E-state index contributed by atoms with van der Waals surface area (Å²) in [5, 5.41) is 6.46. The minimum Gasteiger partial charge on any atom is -0.384 e. The SMILES string of the molecule is CCOCCCNCC(=O)c1ccc2c(c1)CCN2. The van der Waals surface area contributed by atoms with Crippen molar-refractivity contribution in [3.8, 4) is 0 Å². The van der Waals surface area contributed by atoms with Crippen LogP contribution < -0.4 is 10.6 Å². The van der Waals surface area contributed by atoms with Crippen LogP contribution in [0, 0.1) is 0 Å². The molecule has 0 atom stereocenters. The van der Waals surface area contributed by atoms with Gasteiger partial charge in [0, 0.05) is 31.0 Å². The van der Waals surface area contributed by atoms with E-state index < -0.39 is 0 Å². The molecule has 4 nitrogen and oxygen atoms in total. The summed E-state index contributed by atoms with van der Waals surface area (Å²) in [4.78, 5) is 12.0. The van der Waals surface area contributed by atoms with Crippen molar-refractivity contribution in [2.24, 2.45) is 0 Å². The van der Waals surface area contributed by atoms with E-state index in [1.807, 2.05) is 25.1 Å². The molecule has 0 aromatic heterocycles. The number of hydrogen-bond acceptors (Lipinski definition) is 4. The van der Waals surface area contributed by atoms with Gasteiger partial charge in [-0.3, -0.25) is 4.79 Å². The molecule has 0 amide bonds. The summed E-state index contributed by atoms with van der Waals surface area (Å²) >= 11 is 0. The molecule has 0 bridgehead atoms. The van der Waals surface area contributed by atoms with Gasteiger partial charge in [0.1, 0.15) is 0 Å². The van der Waals surface area contributed by atoms with E-state index >= 15 is 0 Å². The number of benzene rings is 1. The van der Waals surface area contributed by atoms with Crippen molar-refractivity contribution in [2.75, 3.05) is 38.2 Å². The molecule has 0 saturated heterocycles. The highest BCUT2D eigenvalue weighted by Gasteiger charge is 2.12. The maximum Gasteiger partial charge on any atom is 0.176 e. The summed E-state index contributed by atoms with van der Waals surface area (Å²) in [5.74, 6) is 0.158. The molecule has 1 heterocycles. The molecular weight excluding hydrogens is 240 g/mol. The first-order chi connectivity index (χ1) is 9.31. The lowest BCUT2D eigenvalue weighted by Crippen LogP contribution is -2.24. The number of fused-ring (bicyclic) bond motifs is 1. The Kier molecular flexibility index (Phi) is 5.36. The van der Waals surface area contributed by atoms with E-state index in [9.17, 15) is 4.79 Å². The highest BCUT2D eigenvalue weighted by atomic mass is 16.5. The van der Waals surface area contributed by atoms with E-state index in [0.717, 1.165) is 44.7 Å². The second-order valence-corrected chi connectivity index (χ2v) is 4.70. The van der Waals surface area contributed by atoms with Crippen LogP contribution in [-0.4, -0.2) is 38.6 Å². The number of nitrogens with one attached hydrogen (secondary N) is 2. The molecule has 1 aromatic carbocycles. The van der Waals surface area contributed by atoms with E-state index in [-0.39, 0.29) is 5.78 Å². The molecule has 0 spiro atoms. The van der Waals surface area contributed by atoms with Gasteiger partial charge in [0.05, 0.1) is 6.54 Å². The fraction of sp³-hybridized carbons (Fsp3) is 0.533. The number of ether oxygens (including phenoxy) is 1. The van der Waals surface area contributed by atoms with Crippen LogP contribution in [0.3, 0.4) is 0 Å². The molecule has 0 aliphatic carbocycles. The van der Waals surface area contributed by atoms with Gasteiger partial charge in [-0.15, -0.1) is 0 Å². The van der Waals surface area contributed by atoms with Crippen molar-refractivity contribution in [2.45, 2.75) is 19.8 Å². The topological polar surface area (TPSA) is 50.4 Å². The molecule has 0 fully saturated rings. The van der Waals surface area contributed by atoms with Crippen LogP contribution in [0.2, 0.25) is 0 Å². The normalized spacial score (nSPS) is 13.1. The van der Waals surface area contributed by atoms with Gasteiger partial charge in [-0.2, -0.15) is 0 Å². The highest BCUT2D eigenvalue weighted by Crippen LogP contribution is 2.22. The number of carbonyl (C=O) groups is 1. The van der Waals surface area contributed by atoms with E-state index in [2.05, 4.69) is 10.6 Å². The Hall–Kier alpha value is -1.39. The van der Waals surface area contributed by atoms with Gasteiger partial charge in [-0.05, 0) is 50.1 Å². The summed E-state index contributed by atoms with van der Waals surface area (Å²) in [5.41, 5.74) is 3.23. The number of ketones is 1. The summed E-state index contributed by atoms with van der Waals surface area (Å²) in [6, 6.07) is 5.92. The van der Waals surface area contributed by atoms with Crippen LogP contribution in [0.5, 0.6) is 0 Å². The third kappa shape index (κ3) is 4.04. The van der Waals surface area contributed by atoms with Crippen LogP contribution >= 0.6 is 0 Å². The molecule has 4 heteroatoms. The number of Topliss-reactive ketones (excluding diaryl/α,β-unsaturated/α-hetero) is 1. The van der Waals surface area contributed by atoms with Crippen molar-refractivity contribution >= 4 is 11.5 Å². The van der Waals surface area contributed by atoms with E-state index in [0.29, 0.717) is 6.54 Å². The zero-order valence-electron chi connectivity index (χ0n) is 11.5. The van der Waals surface area contributed by atoms with E-state index in [4.69, 9.17) is 4.74 Å². The van der Waals surface area contributed by atoms with Crippen molar-refractivity contribution in [3.05, 3.63) is 29.3 Å². The number of rotatable bonds is 8. The van der Waals surface area contributed by atoms with Gasteiger partial charge in [-0.25, -0.2) is 0 Å². The average molecular weight is 262 g/mol. The molecule has 0 radical (unpaired) electrons. The van der Waals surface area contributed by atoms with Gasteiger partial charge in [0.15, 0.2) is 5.78 Å². The zero-order valence-corrected chi connectivity index (χ0v) is 11.5. The molecule has 104 valence electrons. The lowest BCUT2D eigenvalue weighted by atomic mass is 10.1. The number of anilines is 1. The second kappa shape index (κ2) is 7.26. The largest absolute Gasteiger partial charge is 0.384 e. The molecule has 1 aliphatic heterocycles. The monoisotopic (exact) mass is 262 g/mol. The number of hydrogen-bond donors (Lipinski definition) is 2. The van der Waals surface area contributed by atoms with Crippen LogP contribution in [0.4, 0.5) is 5.69 Å². The third-order valence-corrected chi connectivity index (χ3v) is 3.27. The van der Waals surface area contributed by atoms with Gasteiger partial charge in [0.25, 0.3) is 0 Å². The predicted octanol–water partition coefficient (Wildman–Crippen LogP) is 1.85. The molecule has 19 heavy (non-hydrogen) atoms. The zero-order chi connectivity index (χ0) is 13.5. The minimum absolute atomic E-state index is 0.158. The fourth-order valence-corrected chi connectivity index (χ4v) is 2.23. The summed E-state index contributed by atoms with van der Waals surface area (Å²) in [6.07, 6.45) is 1.95. The van der Waals surface area contributed by atoms with Crippen LogP contribution in [0.15, 0.2) is 18.2 Å². The third-order valence-electron chi connectivity index (χ3n) is 3.27. The van der Waals surface area contributed by atoms with Crippen LogP contribution in [0.25, 0.3) is 0 Å². The van der Waals surface area contributed by atoms with Gasteiger partial charge >= 0.3 is 0 Å². The average Bonchev–Trinajstić information content (AvgIpc) is 2.89. The molecule has 2 rings (SSSR count). The summed E-state index contributed by atoms with van der Waals surface area (Å²) in [7, 11) is 0. The van der Waals surface area contributed by atoms with Crippen molar-refractivity contribution in [1.82, 2.24) is 5.32 Å². The molecule has 2 N–H and O–H groups in total. The van der Waals surface area contributed by atoms with E-state index in [1.165, 1.54) is 11.3 Å². The summed E-state index contributed by atoms with van der Waals surface area (Å²) < 4.78 is 5.24. The Morgan fingerprint density at radius 3 is 3.21 bits per heavy atom. The molecule has 1 aromatic rings. The van der Waals surface area contributed by atoms with Crippen LogP contribution in [0.1, 0.15) is 29.3 Å². The lowest BCUT2D eigenvalue weighted by molar-refractivity contribution is 0.0988. The maximum atomic E-state index is 12.0. The molecule has 0 saturated carbocycles. The molecular formula is C15H22N2O2. The quantitative estimate of drug-likeness (QED) is 0.554. The Balaban J connectivity index is 1.74.